The molecule has 13 heteroatoms. The van der Waals surface area contributed by atoms with E-state index < -0.39 is 47.9 Å². The fraction of sp³-hybridized carbons (Fsp3) is 0.750. The van der Waals surface area contributed by atoms with E-state index in [4.69, 9.17) is 17.2 Å². The largest absolute Gasteiger partial charge is 0.480 e. The highest BCUT2D eigenvalue weighted by molar-refractivity contribution is 7.80. The topological polar surface area (TPSA) is 206 Å². The van der Waals surface area contributed by atoms with Gasteiger partial charge < -0.3 is 37.8 Å². The zero-order chi connectivity index (χ0) is 25.1. The molecule has 12 nitrogen and oxygen atoms in total. The molecular formula is C20H37N7O5S. The Morgan fingerprint density at radius 3 is 2.33 bits per heavy atom. The minimum absolute atomic E-state index is 0.0534. The van der Waals surface area contributed by atoms with Crippen LogP contribution in [0.3, 0.4) is 0 Å². The van der Waals surface area contributed by atoms with E-state index in [-0.39, 0.29) is 30.6 Å². The maximum absolute atomic E-state index is 13.2. The number of carbonyl (C=O) groups is 4. The lowest BCUT2D eigenvalue weighted by atomic mass is 10.0. The molecule has 0 radical (unpaired) electrons. The number of hydrogen-bond donors (Lipinski definition) is 7. The fourth-order valence-electron chi connectivity index (χ4n) is 3.59. The monoisotopic (exact) mass is 487 g/mol. The van der Waals surface area contributed by atoms with Crippen molar-refractivity contribution < 1.29 is 24.3 Å². The molecule has 0 aliphatic carbocycles. The smallest absolute Gasteiger partial charge is 0.326 e. The number of nitrogens with zero attached hydrogens (tertiary/aromatic N) is 2. The maximum atomic E-state index is 13.2. The molecule has 0 saturated carbocycles. The van der Waals surface area contributed by atoms with Gasteiger partial charge >= 0.3 is 5.97 Å². The number of carboxylic acid groups (broad SMARTS) is 1. The minimum Gasteiger partial charge on any atom is -0.480 e. The lowest BCUT2D eigenvalue weighted by Gasteiger charge is -2.29. The van der Waals surface area contributed by atoms with Crippen molar-refractivity contribution in [1.29, 1.82) is 0 Å². The van der Waals surface area contributed by atoms with E-state index in [0.717, 1.165) is 0 Å². The van der Waals surface area contributed by atoms with E-state index in [9.17, 15) is 24.3 Å². The first-order valence-corrected chi connectivity index (χ1v) is 11.7. The third kappa shape index (κ3) is 9.46. The van der Waals surface area contributed by atoms with Crippen molar-refractivity contribution in [3.8, 4) is 0 Å². The molecule has 0 bridgehead atoms. The van der Waals surface area contributed by atoms with E-state index in [2.05, 4.69) is 28.3 Å². The van der Waals surface area contributed by atoms with E-state index in [0.29, 0.717) is 32.2 Å². The molecule has 0 aromatic carbocycles. The third-order valence-electron chi connectivity index (χ3n) is 5.25. The number of guanidine groups is 1. The van der Waals surface area contributed by atoms with Crippen molar-refractivity contribution in [2.24, 2.45) is 28.1 Å². The van der Waals surface area contributed by atoms with Crippen LogP contribution in [0.15, 0.2) is 4.99 Å². The first-order chi connectivity index (χ1) is 15.5. The predicted molar refractivity (Wildman–Crippen MR) is 127 cm³/mol. The number of nitrogens with two attached hydrogens (primary N) is 3. The van der Waals surface area contributed by atoms with Gasteiger partial charge in [0.1, 0.15) is 18.1 Å². The summed E-state index contributed by atoms with van der Waals surface area (Å²) in [5.41, 5.74) is 16.3. The van der Waals surface area contributed by atoms with Gasteiger partial charge in [0.2, 0.25) is 17.7 Å². The zero-order valence-electron chi connectivity index (χ0n) is 19.2. The highest BCUT2D eigenvalue weighted by Gasteiger charge is 2.38. The summed E-state index contributed by atoms with van der Waals surface area (Å²) in [5, 5.41) is 14.7. The van der Waals surface area contributed by atoms with E-state index >= 15 is 0 Å². The van der Waals surface area contributed by atoms with Crippen LogP contribution in [0.2, 0.25) is 0 Å². The molecule has 1 aliphatic rings. The highest BCUT2D eigenvalue weighted by atomic mass is 32.1. The van der Waals surface area contributed by atoms with Gasteiger partial charge in [0.05, 0.1) is 6.04 Å². The lowest BCUT2D eigenvalue weighted by Crippen LogP contribution is -2.57. The average molecular weight is 488 g/mol. The normalized spacial score (nSPS) is 18.3. The summed E-state index contributed by atoms with van der Waals surface area (Å²) in [6.45, 7) is 4.36. The van der Waals surface area contributed by atoms with Gasteiger partial charge in [-0.3, -0.25) is 19.4 Å². The number of amides is 3. The van der Waals surface area contributed by atoms with Crippen molar-refractivity contribution in [3.63, 3.8) is 0 Å². The van der Waals surface area contributed by atoms with Crippen LogP contribution in [-0.4, -0.2) is 82.7 Å². The average Bonchev–Trinajstić information content (AvgIpc) is 3.23. The summed E-state index contributed by atoms with van der Waals surface area (Å²) in [6, 6.07) is -3.72. The predicted octanol–water partition coefficient (Wildman–Crippen LogP) is -1.61. The van der Waals surface area contributed by atoms with Crippen LogP contribution >= 0.6 is 12.6 Å². The second kappa shape index (κ2) is 13.9. The van der Waals surface area contributed by atoms with Crippen LogP contribution < -0.4 is 27.8 Å². The van der Waals surface area contributed by atoms with Crippen LogP contribution in [-0.2, 0) is 19.2 Å². The number of carboxylic acids is 1. The molecule has 1 heterocycles. The molecule has 1 rings (SSSR count). The Morgan fingerprint density at radius 1 is 1.15 bits per heavy atom. The highest BCUT2D eigenvalue weighted by Crippen LogP contribution is 2.20. The summed E-state index contributed by atoms with van der Waals surface area (Å²) >= 11 is 4.00. The van der Waals surface area contributed by atoms with Gasteiger partial charge in [-0.25, -0.2) is 4.79 Å². The van der Waals surface area contributed by atoms with E-state index in [1.165, 1.54) is 4.90 Å². The van der Waals surface area contributed by atoms with Crippen molar-refractivity contribution >= 4 is 42.3 Å². The van der Waals surface area contributed by atoms with Crippen LogP contribution in [0, 0.1) is 5.92 Å². The van der Waals surface area contributed by atoms with Gasteiger partial charge in [-0.2, -0.15) is 12.6 Å². The minimum atomic E-state index is -1.07. The lowest BCUT2D eigenvalue weighted by molar-refractivity contribution is -0.149. The summed E-state index contributed by atoms with van der Waals surface area (Å²) in [4.78, 5) is 55.2. The third-order valence-corrected chi connectivity index (χ3v) is 5.65. The van der Waals surface area contributed by atoms with E-state index in [1.54, 1.807) is 0 Å². The maximum Gasteiger partial charge on any atom is 0.326 e. The second-order valence-corrected chi connectivity index (χ2v) is 8.88. The fourth-order valence-corrected chi connectivity index (χ4v) is 3.75. The number of nitrogens with one attached hydrogen (secondary N) is 2. The SMILES string of the molecule is CC(C)CC(NC(=O)C(CCCN=C(N)N)NC(=O)C(N)CS)C(=O)N1CCCC1C(=O)O. The number of aliphatic carboxylic acids is 1. The zero-order valence-corrected chi connectivity index (χ0v) is 20.1. The molecule has 1 aliphatic heterocycles. The Bertz CT molecular complexity index is 730. The summed E-state index contributed by atoms with van der Waals surface area (Å²) in [6.07, 6.45) is 1.86. The quantitative estimate of drug-likeness (QED) is 0.0694. The van der Waals surface area contributed by atoms with Crippen molar-refractivity contribution in [1.82, 2.24) is 15.5 Å². The van der Waals surface area contributed by atoms with Crippen molar-refractivity contribution in [2.75, 3.05) is 18.8 Å². The number of rotatable bonds is 13. The Kier molecular flexibility index (Phi) is 12.0. The van der Waals surface area contributed by atoms with Crippen LogP contribution in [0.1, 0.15) is 46.0 Å². The molecule has 0 spiro atoms. The molecular weight excluding hydrogens is 450 g/mol. The van der Waals surface area contributed by atoms with Gasteiger partial charge in [-0.05, 0) is 38.0 Å². The molecule has 33 heavy (non-hydrogen) atoms. The molecule has 0 aromatic heterocycles. The molecule has 188 valence electrons. The Labute approximate surface area is 199 Å². The summed E-state index contributed by atoms with van der Waals surface area (Å²) < 4.78 is 0. The number of carbonyl (C=O) groups excluding carboxylic acids is 3. The Morgan fingerprint density at radius 2 is 1.79 bits per heavy atom. The van der Waals surface area contributed by atoms with Gasteiger partial charge in [-0.15, -0.1) is 0 Å². The molecule has 4 unspecified atom stereocenters. The standard InChI is InChI=1S/C20H37N7O5S/c1-11(2)9-14(18(30)27-8-4-6-15(27)19(31)32)26-17(29)13(5-3-7-24-20(22)23)25-16(28)12(21)10-33/h11-15,33H,3-10,21H2,1-2H3,(H,25,28)(H,26,29)(H,31,32)(H4,22,23,24). The molecule has 3 amide bonds. The van der Waals surface area contributed by atoms with Crippen molar-refractivity contribution in [3.05, 3.63) is 0 Å². The Hall–Kier alpha value is -2.54. The van der Waals surface area contributed by atoms with Gasteiger partial charge in [0.25, 0.3) is 0 Å². The number of hydrogen-bond acceptors (Lipinski definition) is 7. The number of thiol groups is 1. The molecule has 1 saturated heterocycles. The van der Waals surface area contributed by atoms with E-state index in [1.807, 2.05) is 13.8 Å². The van der Waals surface area contributed by atoms with Crippen LogP contribution in [0.5, 0.6) is 0 Å². The first kappa shape index (κ1) is 28.5. The van der Waals surface area contributed by atoms with Crippen LogP contribution in [0.4, 0.5) is 0 Å². The van der Waals surface area contributed by atoms with Crippen molar-refractivity contribution in [2.45, 2.75) is 70.1 Å². The van der Waals surface area contributed by atoms with Gasteiger partial charge in [0, 0.05) is 18.8 Å². The van der Waals surface area contributed by atoms with Gasteiger partial charge in [-0.1, -0.05) is 13.8 Å². The second-order valence-electron chi connectivity index (χ2n) is 8.52. The molecule has 0 aromatic rings. The molecule has 9 N–H and O–H groups in total. The Balaban J connectivity index is 2.99. The van der Waals surface area contributed by atoms with Crippen LogP contribution in [0.25, 0.3) is 0 Å². The summed E-state index contributed by atoms with van der Waals surface area (Å²) in [5.74, 6) is -2.57. The number of likely N-dealkylation sites (tertiary alicyclic amines) is 1. The van der Waals surface area contributed by atoms with Gasteiger partial charge in [0.15, 0.2) is 5.96 Å². The summed E-state index contributed by atoms with van der Waals surface area (Å²) in [7, 11) is 0. The molecule has 1 fully saturated rings. The first-order valence-electron chi connectivity index (χ1n) is 11.0. The molecule has 4 atom stereocenters. The number of aliphatic imine (C=N–C) groups is 1.